The van der Waals surface area contributed by atoms with Crippen molar-refractivity contribution in [1.29, 1.82) is 0 Å². The van der Waals surface area contributed by atoms with Crippen LogP contribution >= 0.6 is 46.1 Å². The van der Waals surface area contributed by atoms with E-state index in [-0.39, 0.29) is 19.3 Å². The maximum Gasteiger partial charge on any atom is 0.508 e. The van der Waals surface area contributed by atoms with Gasteiger partial charge in [0, 0.05) is 5.38 Å². The topological polar surface area (TPSA) is 57.7 Å². The highest BCUT2D eigenvalue weighted by Gasteiger charge is 2.32. The normalized spacial score (nSPS) is 13.8. The Morgan fingerprint density at radius 3 is 2.43 bits per heavy atom. The Morgan fingerprint density at radius 2 is 1.90 bits per heavy atom. The van der Waals surface area contributed by atoms with Crippen LogP contribution in [0.15, 0.2) is 23.6 Å². The average molecular weight is 515 g/mol. The molecule has 0 fully saturated rings. The summed E-state index contributed by atoms with van der Waals surface area (Å²) in [5, 5.41) is 2.55. The number of thiazole rings is 1. The second-order valence-electron chi connectivity index (χ2n) is 6.87. The van der Waals surface area contributed by atoms with E-state index in [9.17, 15) is 4.79 Å². The minimum Gasteiger partial charge on any atom is -0.430 e. The molecular formula is C20H30Cl3NO4SSi. The van der Waals surface area contributed by atoms with Crippen LogP contribution in [-0.4, -0.2) is 36.0 Å². The molecule has 0 radical (unpaired) electrons. The van der Waals surface area contributed by atoms with Crippen molar-refractivity contribution < 1.29 is 18.7 Å². The molecule has 0 spiro atoms. The molecule has 0 bridgehead atoms. The summed E-state index contributed by atoms with van der Waals surface area (Å²) < 4.78 is 14.7. The lowest BCUT2D eigenvalue weighted by molar-refractivity contribution is 0.0511. The molecule has 1 heterocycles. The fourth-order valence-electron chi connectivity index (χ4n) is 2.87. The summed E-state index contributed by atoms with van der Waals surface area (Å²) in [6.45, 7) is 12.2. The number of nitrogens with zero attached hydrogens (tertiary/aromatic N) is 1. The Balaban J connectivity index is 2.76. The van der Waals surface area contributed by atoms with Crippen molar-refractivity contribution in [3.05, 3.63) is 34.3 Å². The van der Waals surface area contributed by atoms with Gasteiger partial charge in [-0.15, -0.1) is 17.9 Å². The maximum absolute atomic E-state index is 11.5. The third-order valence-electron chi connectivity index (χ3n) is 4.83. The molecule has 1 atom stereocenters. The lowest BCUT2D eigenvalue weighted by Crippen LogP contribution is -2.40. The number of hydrogen-bond acceptors (Lipinski definition) is 6. The maximum atomic E-state index is 11.5. The number of aromatic nitrogens is 1. The second-order valence-corrected chi connectivity index (χ2v) is 15.1. The highest BCUT2D eigenvalue weighted by Crippen LogP contribution is 2.28. The summed E-state index contributed by atoms with van der Waals surface area (Å²) in [6.07, 6.45) is 3.74. The van der Waals surface area contributed by atoms with E-state index in [4.69, 9.17) is 48.7 Å². The predicted octanol–water partition coefficient (Wildman–Crippen LogP) is 7.54. The zero-order valence-electron chi connectivity index (χ0n) is 17.9. The van der Waals surface area contributed by atoms with Crippen molar-refractivity contribution in [3.63, 3.8) is 0 Å². The van der Waals surface area contributed by atoms with Crippen molar-refractivity contribution in [2.75, 3.05) is 6.61 Å². The molecule has 1 aromatic heterocycles. The predicted molar refractivity (Wildman–Crippen MR) is 129 cm³/mol. The first-order valence-corrected chi connectivity index (χ1v) is 14.4. The van der Waals surface area contributed by atoms with Gasteiger partial charge in [0.15, 0.2) is 8.32 Å². The van der Waals surface area contributed by atoms with Crippen LogP contribution in [0.4, 0.5) is 4.79 Å². The van der Waals surface area contributed by atoms with Crippen molar-refractivity contribution in [2.45, 2.75) is 68.8 Å². The van der Waals surface area contributed by atoms with Gasteiger partial charge in [0.25, 0.3) is 0 Å². The van der Waals surface area contributed by atoms with E-state index in [0.717, 1.165) is 35.8 Å². The SMILES string of the molecule is C=CC[C@H](O[Si](CC)(CC)CC)C(C)=Cc1csc(COC(=O)OCC(Cl)(Cl)Cl)n1. The molecule has 0 aromatic carbocycles. The summed E-state index contributed by atoms with van der Waals surface area (Å²) in [5.41, 5.74) is 1.89. The number of carbonyl (C=O) groups is 1. The smallest absolute Gasteiger partial charge is 0.430 e. The number of halogens is 3. The summed E-state index contributed by atoms with van der Waals surface area (Å²) >= 11 is 18.0. The molecule has 0 amide bonds. The molecule has 170 valence electrons. The fourth-order valence-corrected chi connectivity index (χ4v) is 6.58. The number of alkyl halides is 3. The second kappa shape index (κ2) is 13.1. The molecule has 10 heteroatoms. The largest absolute Gasteiger partial charge is 0.508 e. The Kier molecular flexibility index (Phi) is 12.0. The van der Waals surface area contributed by atoms with Crippen LogP contribution in [0.2, 0.25) is 18.1 Å². The molecule has 0 saturated heterocycles. The first kappa shape index (κ1) is 27.5. The van der Waals surface area contributed by atoms with Gasteiger partial charge in [-0.2, -0.15) is 0 Å². The van der Waals surface area contributed by atoms with Gasteiger partial charge in [-0.25, -0.2) is 9.78 Å². The minimum absolute atomic E-state index is 0.00711. The number of hydrogen-bond donors (Lipinski definition) is 0. The lowest BCUT2D eigenvalue weighted by atomic mass is 10.1. The highest BCUT2D eigenvalue weighted by molar-refractivity contribution is 7.09. The average Bonchev–Trinajstić information content (AvgIpc) is 3.15. The van der Waals surface area contributed by atoms with Crippen LogP contribution in [0.25, 0.3) is 6.08 Å². The highest BCUT2D eigenvalue weighted by atomic mass is 35.6. The standard InChI is InChI=1S/C20H30Cl3NO4SSi/c1-6-10-17(28-30(7-2,8-3)9-4)15(5)11-16-13-29-18(24-16)12-26-19(25)27-14-20(21,22)23/h6,11,13,17H,1,7-10,12,14H2,2-5H3/t17-/m0/s1. The van der Waals surface area contributed by atoms with Crippen LogP contribution in [0.3, 0.4) is 0 Å². The van der Waals surface area contributed by atoms with E-state index in [1.165, 1.54) is 11.3 Å². The minimum atomic E-state index is -1.75. The van der Waals surface area contributed by atoms with Gasteiger partial charge in [0.1, 0.15) is 18.2 Å². The summed E-state index contributed by atoms with van der Waals surface area (Å²) in [7, 11) is -1.75. The monoisotopic (exact) mass is 513 g/mol. The third-order valence-corrected chi connectivity index (χ3v) is 10.6. The zero-order valence-corrected chi connectivity index (χ0v) is 22.0. The Hall–Kier alpha value is -0.573. The Morgan fingerprint density at radius 1 is 1.27 bits per heavy atom. The van der Waals surface area contributed by atoms with Gasteiger partial charge in [0.2, 0.25) is 3.79 Å². The number of rotatable bonds is 12. The first-order chi connectivity index (χ1) is 14.1. The van der Waals surface area contributed by atoms with E-state index in [0.29, 0.717) is 5.01 Å². The molecule has 1 rings (SSSR count). The van der Waals surface area contributed by atoms with E-state index < -0.39 is 18.3 Å². The fraction of sp³-hybridized carbons (Fsp3) is 0.600. The molecule has 30 heavy (non-hydrogen) atoms. The summed E-state index contributed by atoms with van der Waals surface area (Å²) in [5.74, 6) is 0. The molecule has 0 aliphatic heterocycles. The number of carbonyl (C=O) groups excluding carboxylic acids is 1. The molecule has 0 aliphatic rings. The molecule has 0 saturated carbocycles. The van der Waals surface area contributed by atoms with Crippen LogP contribution in [0, 0.1) is 0 Å². The van der Waals surface area contributed by atoms with Crippen molar-refractivity contribution in [3.8, 4) is 0 Å². The quantitative estimate of drug-likeness (QED) is 0.125. The molecular weight excluding hydrogens is 485 g/mol. The Bertz CT molecular complexity index is 709. The van der Waals surface area contributed by atoms with Gasteiger partial charge in [-0.3, -0.25) is 0 Å². The molecule has 0 N–H and O–H groups in total. The van der Waals surface area contributed by atoms with E-state index >= 15 is 0 Å². The van der Waals surface area contributed by atoms with Gasteiger partial charge >= 0.3 is 6.16 Å². The third kappa shape index (κ3) is 9.70. The lowest BCUT2D eigenvalue weighted by Gasteiger charge is -2.33. The molecule has 0 unspecified atom stereocenters. The van der Waals surface area contributed by atoms with Crippen LogP contribution in [0.5, 0.6) is 0 Å². The first-order valence-electron chi connectivity index (χ1n) is 9.85. The van der Waals surface area contributed by atoms with Crippen LogP contribution in [-0.2, 0) is 20.5 Å². The van der Waals surface area contributed by atoms with E-state index in [1.807, 2.05) is 17.5 Å². The molecule has 5 nitrogen and oxygen atoms in total. The van der Waals surface area contributed by atoms with Gasteiger partial charge < -0.3 is 13.9 Å². The molecule has 0 aliphatic carbocycles. The zero-order chi connectivity index (χ0) is 22.8. The van der Waals surface area contributed by atoms with Crippen LogP contribution in [0.1, 0.15) is 44.8 Å². The van der Waals surface area contributed by atoms with Crippen LogP contribution < -0.4 is 0 Å². The van der Waals surface area contributed by atoms with Gasteiger partial charge in [-0.1, -0.05) is 61.7 Å². The summed E-state index contributed by atoms with van der Waals surface area (Å²) in [4.78, 5) is 16.0. The van der Waals surface area contributed by atoms with Gasteiger partial charge in [-0.05, 0) is 43.1 Å². The molecule has 1 aromatic rings. The van der Waals surface area contributed by atoms with E-state index in [2.05, 4.69) is 39.3 Å². The number of ether oxygens (including phenoxy) is 2. The van der Waals surface area contributed by atoms with Gasteiger partial charge in [0.05, 0.1) is 11.8 Å². The van der Waals surface area contributed by atoms with Crippen molar-refractivity contribution in [2.24, 2.45) is 0 Å². The Labute approximate surface area is 199 Å². The van der Waals surface area contributed by atoms with E-state index in [1.54, 1.807) is 0 Å². The van der Waals surface area contributed by atoms with Crippen molar-refractivity contribution >= 4 is 66.7 Å². The van der Waals surface area contributed by atoms with Crippen molar-refractivity contribution in [1.82, 2.24) is 4.98 Å². The summed E-state index contributed by atoms with van der Waals surface area (Å²) in [6, 6.07) is 3.27.